The molecule has 3 aromatic heterocycles. The normalized spacial score (nSPS) is 16.7. The van der Waals surface area contributed by atoms with Crippen LogP contribution in [0.15, 0.2) is 24.4 Å². The highest BCUT2D eigenvalue weighted by atomic mass is 19.3. The molecule has 0 aliphatic heterocycles. The van der Waals surface area contributed by atoms with Crippen molar-refractivity contribution in [1.82, 2.24) is 29.5 Å². The predicted molar refractivity (Wildman–Crippen MR) is 106 cm³/mol. The van der Waals surface area contributed by atoms with Crippen molar-refractivity contribution in [2.45, 2.75) is 64.7 Å². The zero-order valence-corrected chi connectivity index (χ0v) is 16.9. The van der Waals surface area contributed by atoms with Gasteiger partial charge in [-0.05, 0) is 38.8 Å². The van der Waals surface area contributed by atoms with E-state index in [1.165, 1.54) is 4.68 Å². The van der Waals surface area contributed by atoms with Gasteiger partial charge in [-0.25, -0.2) is 22.8 Å². The average Bonchev–Trinajstić information content (AvgIpc) is 3.30. The summed E-state index contributed by atoms with van der Waals surface area (Å²) in [6.45, 7) is 3.62. The van der Waals surface area contributed by atoms with Crippen molar-refractivity contribution >= 4 is 5.82 Å². The first-order valence-electron chi connectivity index (χ1n) is 9.95. The van der Waals surface area contributed by atoms with Crippen LogP contribution in [0.25, 0.3) is 5.95 Å². The third kappa shape index (κ3) is 4.63. The lowest BCUT2D eigenvalue weighted by atomic mass is 9.92. The maximum absolute atomic E-state index is 13.5. The fourth-order valence-electron chi connectivity index (χ4n) is 3.67. The molecule has 1 aliphatic rings. The minimum absolute atomic E-state index is 0.0899. The van der Waals surface area contributed by atoms with Gasteiger partial charge in [0.25, 0.3) is 5.95 Å². The highest BCUT2D eigenvalue weighted by molar-refractivity contribution is 5.40. The lowest BCUT2D eigenvalue weighted by Gasteiger charge is -2.29. The number of hydrogen-bond donors (Lipinski definition) is 1. The number of nitrogens with one attached hydrogen (secondary N) is 1. The Morgan fingerprint density at radius 2 is 1.87 bits per heavy atom. The second kappa shape index (κ2) is 8.08. The molecule has 0 radical (unpaired) electrons. The molecule has 1 saturated carbocycles. The van der Waals surface area contributed by atoms with Gasteiger partial charge in [-0.3, -0.25) is 4.68 Å². The predicted octanol–water partition coefficient (Wildman–Crippen LogP) is 3.98. The summed E-state index contributed by atoms with van der Waals surface area (Å²) in [5, 5.41) is 11.9. The van der Waals surface area contributed by atoms with Crippen molar-refractivity contribution in [3.8, 4) is 5.95 Å². The Bertz CT molecular complexity index is 1020. The fourth-order valence-corrected chi connectivity index (χ4v) is 3.67. The maximum Gasteiger partial charge on any atom is 0.252 e. The van der Waals surface area contributed by atoms with Gasteiger partial charge in [-0.2, -0.15) is 15.2 Å². The van der Waals surface area contributed by atoms with Crippen molar-refractivity contribution in [2.75, 3.05) is 5.32 Å². The van der Waals surface area contributed by atoms with Crippen molar-refractivity contribution in [2.24, 2.45) is 0 Å². The van der Waals surface area contributed by atoms with Crippen molar-refractivity contribution in [3.05, 3.63) is 47.2 Å². The van der Waals surface area contributed by atoms with Crippen LogP contribution >= 0.6 is 0 Å². The van der Waals surface area contributed by atoms with E-state index in [1.807, 2.05) is 24.6 Å². The number of rotatable bonds is 6. The van der Waals surface area contributed by atoms with Crippen LogP contribution < -0.4 is 5.32 Å². The van der Waals surface area contributed by atoms with Gasteiger partial charge in [0.05, 0.1) is 23.6 Å². The van der Waals surface area contributed by atoms with Gasteiger partial charge < -0.3 is 5.32 Å². The van der Waals surface area contributed by atoms with Crippen molar-refractivity contribution in [1.29, 1.82) is 0 Å². The number of aryl methyl sites for hydroxylation is 2. The Labute approximate surface area is 172 Å². The Morgan fingerprint density at radius 1 is 1.10 bits per heavy atom. The van der Waals surface area contributed by atoms with E-state index in [-0.39, 0.29) is 30.5 Å². The van der Waals surface area contributed by atoms with Gasteiger partial charge in [0.15, 0.2) is 0 Å². The van der Waals surface area contributed by atoms with Gasteiger partial charge in [0.2, 0.25) is 5.92 Å². The second-order valence-electron chi connectivity index (χ2n) is 7.79. The molecule has 160 valence electrons. The van der Waals surface area contributed by atoms with Crippen LogP contribution in [0.2, 0.25) is 0 Å². The minimum Gasteiger partial charge on any atom is -0.367 e. The first-order chi connectivity index (χ1) is 14.3. The molecule has 4 rings (SSSR count). The molecule has 1 aliphatic carbocycles. The molecule has 30 heavy (non-hydrogen) atoms. The SMILES string of the molecule is Cc1cc(C)n(Cc2cc(NC3CCC(F)(F)CC3)nc(-n3ccc(CF)n3)n2)n1. The third-order valence-electron chi connectivity index (χ3n) is 5.24. The molecule has 0 unspecified atom stereocenters. The summed E-state index contributed by atoms with van der Waals surface area (Å²) in [6, 6.07) is 5.25. The highest BCUT2D eigenvalue weighted by Gasteiger charge is 2.35. The Kier molecular flexibility index (Phi) is 5.48. The van der Waals surface area contributed by atoms with E-state index in [0.29, 0.717) is 30.9 Å². The lowest BCUT2D eigenvalue weighted by molar-refractivity contribution is -0.0361. The van der Waals surface area contributed by atoms with Gasteiger partial charge in [0.1, 0.15) is 12.5 Å². The minimum atomic E-state index is -2.59. The molecule has 0 atom stereocenters. The number of aromatic nitrogens is 6. The molecule has 1 N–H and O–H groups in total. The largest absolute Gasteiger partial charge is 0.367 e. The van der Waals surface area contributed by atoms with Crippen LogP contribution in [0.4, 0.5) is 19.0 Å². The van der Waals surface area contributed by atoms with Gasteiger partial charge in [0, 0.05) is 36.8 Å². The zero-order valence-electron chi connectivity index (χ0n) is 16.9. The van der Waals surface area contributed by atoms with E-state index in [0.717, 1.165) is 11.4 Å². The van der Waals surface area contributed by atoms with E-state index in [9.17, 15) is 13.2 Å². The quantitative estimate of drug-likeness (QED) is 0.654. The van der Waals surface area contributed by atoms with E-state index < -0.39 is 12.6 Å². The summed E-state index contributed by atoms with van der Waals surface area (Å²) in [6.07, 6.45) is 2.06. The Morgan fingerprint density at radius 3 is 2.50 bits per heavy atom. The average molecular weight is 419 g/mol. The Hall–Kier alpha value is -2.91. The molecule has 7 nitrogen and oxygen atoms in total. The fraction of sp³-hybridized carbons (Fsp3) is 0.500. The van der Waals surface area contributed by atoms with Crippen LogP contribution in [0.1, 0.15) is 48.5 Å². The molecule has 3 heterocycles. The molecule has 1 fully saturated rings. The lowest BCUT2D eigenvalue weighted by Crippen LogP contribution is -2.32. The van der Waals surface area contributed by atoms with E-state index >= 15 is 0 Å². The number of nitrogens with zero attached hydrogens (tertiary/aromatic N) is 6. The highest BCUT2D eigenvalue weighted by Crippen LogP contribution is 2.34. The van der Waals surface area contributed by atoms with Gasteiger partial charge >= 0.3 is 0 Å². The molecule has 0 bridgehead atoms. The zero-order chi connectivity index (χ0) is 21.3. The summed E-state index contributed by atoms with van der Waals surface area (Å²) in [4.78, 5) is 9.05. The van der Waals surface area contributed by atoms with Gasteiger partial charge in [-0.15, -0.1) is 0 Å². The second-order valence-corrected chi connectivity index (χ2v) is 7.79. The monoisotopic (exact) mass is 419 g/mol. The molecule has 10 heteroatoms. The number of halogens is 3. The van der Waals surface area contributed by atoms with E-state index in [1.54, 1.807) is 18.3 Å². The van der Waals surface area contributed by atoms with Crippen LogP contribution in [0, 0.1) is 13.8 Å². The summed E-state index contributed by atoms with van der Waals surface area (Å²) in [5.74, 6) is -1.77. The van der Waals surface area contributed by atoms with Gasteiger partial charge in [-0.1, -0.05) is 0 Å². The van der Waals surface area contributed by atoms with Crippen LogP contribution in [0.3, 0.4) is 0 Å². The standard InChI is InChI=1S/C20H24F3N7/c1-13-9-14(2)30(27-13)12-17-10-18(24-15-3-6-20(22,23)7-4-15)26-19(25-17)29-8-5-16(11-21)28-29/h5,8-10,15H,3-4,6-7,11-12H2,1-2H3,(H,24,25,26). The topological polar surface area (TPSA) is 73.5 Å². The first kappa shape index (κ1) is 20.4. The first-order valence-corrected chi connectivity index (χ1v) is 9.95. The third-order valence-corrected chi connectivity index (χ3v) is 5.24. The molecular formula is C20H24F3N7. The number of alkyl halides is 3. The molecule has 0 aromatic carbocycles. The van der Waals surface area contributed by atoms with Crippen LogP contribution in [-0.4, -0.2) is 41.5 Å². The molecule has 0 saturated heterocycles. The molecule has 0 amide bonds. The smallest absolute Gasteiger partial charge is 0.252 e. The Balaban J connectivity index is 1.62. The molecular weight excluding hydrogens is 395 g/mol. The number of hydrogen-bond acceptors (Lipinski definition) is 5. The van der Waals surface area contributed by atoms with Crippen molar-refractivity contribution < 1.29 is 13.2 Å². The maximum atomic E-state index is 13.5. The molecule has 0 spiro atoms. The summed E-state index contributed by atoms with van der Waals surface area (Å²) < 4.78 is 43.1. The summed E-state index contributed by atoms with van der Waals surface area (Å²) >= 11 is 0. The van der Waals surface area contributed by atoms with E-state index in [2.05, 4.69) is 25.5 Å². The number of anilines is 1. The van der Waals surface area contributed by atoms with E-state index in [4.69, 9.17) is 0 Å². The molecule has 3 aromatic rings. The van der Waals surface area contributed by atoms with Crippen LogP contribution in [0.5, 0.6) is 0 Å². The summed E-state index contributed by atoms with van der Waals surface area (Å²) in [5.41, 5.74) is 2.87. The summed E-state index contributed by atoms with van der Waals surface area (Å²) in [7, 11) is 0. The van der Waals surface area contributed by atoms with Crippen LogP contribution in [-0.2, 0) is 13.2 Å². The van der Waals surface area contributed by atoms with Crippen molar-refractivity contribution in [3.63, 3.8) is 0 Å².